The minimum Gasteiger partial charge on any atom is -0.480 e. The van der Waals surface area contributed by atoms with Gasteiger partial charge in [0.05, 0.1) is 6.20 Å². The zero-order valence-electron chi connectivity index (χ0n) is 11.7. The maximum absolute atomic E-state index is 12.1. The van der Waals surface area contributed by atoms with Crippen molar-refractivity contribution in [2.45, 2.75) is 32.4 Å². The summed E-state index contributed by atoms with van der Waals surface area (Å²) in [5.41, 5.74) is -0.0164. The van der Waals surface area contributed by atoms with Gasteiger partial charge in [0.15, 0.2) is 5.69 Å². The van der Waals surface area contributed by atoms with Crippen LogP contribution < -0.4 is 5.32 Å². The van der Waals surface area contributed by atoms with Crippen molar-refractivity contribution in [3.05, 3.63) is 11.9 Å². The summed E-state index contributed by atoms with van der Waals surface area (Å²) in [6, 6.07) is -0.653. The molecule has 1 aromatic heterocycles. The van der Waals surface area contributed by atoms with E-state index in [0.29, 0.717) is 13.1 Å². The van der Waals surface area contributed by atoms with E-state index in [-0.39, 0.29) is 18.1 Å². The van der Waals surface area contributed by atoms with Gasteiger partial charge in [0.2, 0.25) is 5.91 Å². The molecular weight excluding hydrogens is 278 g/mol. The number of carboxylic acids is 1. The molecule has 1 fully saturated rings. The first-order valence-corrected chi connectivity index (χ1v) is 6.69. The van der Waals surface area contributed by atoms with E-state index in [1.165, 1.54) is 6.20 Å². The number of likely N-dealkylation sites (tertiary alicyclic amines) is 1. The molecule has 0 bridgehead atoms. The van der Waals surface area contributed by atoms with Crippen LogP contribution >= 0.6 is 0 Å². The Morgan fingerprint density at radius 1 is 1.38 bits per heavy atom. The number of nitrogens with zero attached hydrogens (tertiary/aromatic N) is 4. The standard InChI is InChI=1S/C12H17N5O4/c1-8(12(21)16-4-2-3-5-16)13-11(20)9-6-17(15-14-9)7-10(18)19/h6,8H,2-5,7H2,1H3,(H,13,20)(H,18,19). The monoisotopic (exact) mass is 295 g/mol. The lowest BCUT2D eigenvalue weighted by Crippen LogP contribution is -2.46. The summed E-state index contributed by atoms with van der Waals surface area (Å²) in [7, 11) is 0. The lowest BCUT2D eigenvalue weighted by molar-refractivity contribution is -0.138. The number of aliphatic carboxylic acids is 1. The van der Waals surface area contributed by atoms with Crippen LogP contribution in [0.15, 0.2) is 6.20 Å². The summed E-state index contributed by atoms with van der Waals surface area (Å²) in [6.07, 6.45) is 3.20. The molecule has 1 aliphatic heterocycles. The normalized spacial score (nSPS) is 15.8. The van der Waals surface area contributed by atoms with Crippen molar-refractivity contribution in [2.24, 2.45) is 0 Å². The molecule has 1 aliphatic rings. The number of hydrogen-bond donors (Lipinski definition) is 2. The second kappa shape index (κ2) is 6.33. The van der Waals surface area contributed by atoms with E-state index in [4.69, 9.17) is 5.11 Å². The average Bonchev–Trinajstić information content (AvgIpc) is 3.07. The van der Waals surface area contributed by atoms with Gasteiger partial charge in [0.1, 0.15) is 12.6 Å². The summed E-state index contributed by atoms with van der Waals surface area (Å²) in [5.74, 6) is -1.75. The van der Waals surface area contributed by atoms with Crippen LogP contribution in [0.3, 0.4) is 0 Å². The number of carbonyl (C=O) groups excluding carboxylic acids is 2. The highest BCUT2D eigenvalue weighted by molar-refractivity contribution is 5.95. The number of amides is 2. The first-order chi connectivity index (χ1) is 9.97. The van der Waals surface area contributed by atoms with Crippen molar-refractivity contribution in [3.63, 3.8) is 0 Å². The molecule has 0 saturated carbocycles. The highest BCUT2D eigenvalue weighted by Gasteiger charge is 2.25. The Kier molecular flexibility index (Phi) is 4.51. The quantitative estimate of drug-likeness (QED) is 0.727. The fourth-order valence-corrected chi connectivity index (χ4v) is 2.16. The first kappa shape index (κ1) is 14.9. The van der Waals surface area contributed by atoms with Crippen LogP contribution in [0.25, 0.3) is 0 Å². The number of carbonyl (C=O) groups is 3. The third kappa shape index (κ3) is 3.77. The van der Waals surface area contributed by atoms with Crippen molar-refractivity contribution < 1.29 is 19.5 Å². The molecule has 2 N–H and O–H groups in total. The Balaban J connectivity index is 1.92. The molecule has 1 atom stereocenters. The van der Waals surface area contributed by atoms with Crippen LogP contribution in [0.1, 0.15) is 30.3 Å². The summed E-state index contributed by atoms with van der Waals surface area (Å²) >= 11 is 0. The molecule has 2 heterocycles. The largest absolute Gasteiger partial charge is 0.480 e. The molecule has 9 nitrogen and oxygen atoms in total. The van der Waals surface area contributed by atoms with Crippen LogP contribution in [0.5, 0.6) is 0 Å². The molecule has 0 aliphatic carbocycles. The van der Waals surface area contributed by atoms with Gasteiger partial charge in [-0.2, -0.15) is 0 Å². The maximum Gasteiger partial charge on any atom is 0.325 e. The van der Waals surface area contributed by atoms with E-state index in [2.05, 4.69) is 15.6 Å². The van der Waals surface area contributed by atoms with Crippen molar-refractivity contribution >= 4 is 17.8 Å². The van der Waals surface area contributed by atoms with Gasteiger partial charge in [0, 0.05) is 13.1 Å². The number of nitrogens with one attached hydrogen (secondary N) is 1. The lowest BCUT2D eigenvalue weighted by Gasteiger charge is -2.20. The van der Waals surface area contributed by atoms with Crippen molar-refractivity contribution in [1.29, 1.82) is 0 Å². The van der Waals surface area contributed by atoms with Crippen LogP contribution in [-0.4, -0.2) is 61.9 Å². The molecule has 0 aromatic carbocycles. The highest BCUT2D eigenvalue weighted by Crippen LogP contribution is 2.09. The Hall–Kier alpha value is -2.45. The predicted molar refractivity (Wildman–Crippen MR) is 70.4 cm³/mol. The zero-order valence-corrected chi connectivity index (χ0v) is 11.7. The molecule has 2 amide bonds. The van der Waals surface area contributed by atoms with Crippen molar-refractivity contribution in [3.8, 4) is 0 Å². The second-order valence-electron chi connectivity index (χ2n) is 4.92. The van der Waals surface area contributed by atoms with E-state index in [0.717, 1.165) is 17.5 Å². The molecule has 1 aromatic rings. The Morgan fingerprint density at radius 3 is 2.67 bits per heavy atom. The van der Waals surface area contributed by atoms with Crippen LogP contribution in [0, 0.1) is 0 Å². The molecule has 1 saturated heterocycles. The molecule has 0 radical (unpaired) electrons. The number of carboxylic acid groups (broad SMARTS) is 1. The third-order valence-corrected chi connectivity index (χ3v) is 3.20. The summed E-state index contributed by atoms with van der Waals surface area (Å²) in [4.78, 5) is 36.2. The van der Waals surface area contributed by atoms with Crippen molar-refractivity contribution in [1.82, 2.24) is 25.2 Å². The van der Waals surface area contributed by atoms with Gasteiger partial charge >= 0.3 is 5.97 Å². The van der Waals surface area contributed by atoms with Gasteiger partial charge in [-0.05, 0) is 19.8 Å². The van der Waals surface area contributed by atoms with E-state index >= 15 is 0 Å². The van der Waals surface area contributed by atoms with Crippen molar-refractivity contribution in [2.75, 3.05) is 13.1 Å². The second-order valence-corrected chi connectivity index (χ2v) is 4.92. The summed E-state index contributed by atoms with van der Waals surface area (Å²) in [5, 5.41) is 18.3. The first-order valence-electron chi connectivity index (χ1n) is 6.69. The Labute approximate surface area is 120 Å². The van der Waals surface area contributed by atoms with E-state index in [9.17, 15) is 14.4 Å². The van der Waals surface area contributed by atoms with E-state index < -0.39 is 17.9 Å². The molecule has 114 valence electrons. The molecule has 2 rings (SSSR count). The summed E-state index contributed by atoms with van der Waals surface area (Å²) < 4.78 is 1.05. The highest BCUT2D eigenvalue weighted by atomic mass is 16.4. The summed E-state index contributed by atoms with van der Waals surface area (Å²) in [6.45, 7) is 2.67. The Bertz CT molecular complexity index is 550. The molecule has 21 heavy (non-hydrogen) atoms. The average molecular weight is 295 g/mol. The van der Waals surface area contributed by atoms with Gasteiger partial charge in [-0.15, -0.1) is 5.10 Å². The molecular formula is C12H17N5O4. The van der Waals surface area contributed by atoms with Crippen LogP contribution in [-0.2, 0) is 16.1 Å². The zero-order chi connectivity index (χ0) is 15.4. The fourth-order valence-electron chi connectivity index (χ4n) is 2.16. The van der Waals surface area contributed by atoms with Crippen LogP contribution in [0.2, 0.25) is 0 Å². The van der Waals surface area contributed by atoms with Gasteiger partial charge in [-0.25, -0.2) is 4.68 Å². The van der Waals surface area contributed by atoms with E-state index in [1.54, 1.807) is 11.8 Å². The SMILES string of the molecule is CC(NC(=O)c1cn(CC(=O)O)nn1)C(=O)N1CCCC1. The predicted octanol–water partition coefficient (Wildman–Crippen LogP) is -0.897. The third-order valence-electron chi connectivity index (χ3n) is 3.20. The van der Waals surface area contributed by atoms with E-state index in [1.807, 2.05) is 0 Å². The van der Waals surface area contributed by atoms with Crippen LogP contribution in [0.4, 0.5) is 0 Å². The number of hydrogen-bond acceptors (Lipinski definition) is 5. The minimum absolute atomic E-state index is 0.0164. The maximum atomic E-state index is 12.1. The van der Waals surface area contributed by atoms with Gasteiger partial charge in [-0.3, -0.25) is 14.4 Å². The molecule has 1 unspecified atom stereocenters. The molecule has 9 heteroatoms. The van der Waals surface area contributed by atoms with Gasteiger partial charge < -0.3 is 15.3 Å². The van der Waals surface area contributed by atoms with Gasteiger partial charge in [0.25, 0.3) is 5.91 Å². The topological polar surface area (TPSA) is 117 Å². The Morgan fingerprint density at radius 2 is 2.05 bits per heavy atom. The smallest absolute Gasteiger partial charge is 0.325 e. The number of aromatic nitrogens is 3. The fraction of sp³-hybridized carbons (Fsp3) is 0.583. The molecule has 0 spiro atoms. The van der Waals surface area contributed by atoms with Gasteiger partial charge in [-0.1, -0.05) is 5.21 Å². The number of rotatable bonds is 5. The minimum atomic E-state index is -1.08. The lowest BCUT2D eigenvalue weighted by atomic mass is 10.2.